The number of hydrogen-bond acceptors (Lipinski definition) is 10. The van der Waals surface area contributed by atoms with Gasteiger partial charge < -0.3 is 4.42 Å². The van der Waals surface area contributed by atoms with Crippen LogP contribution in [0.3, 0.4) is 0 Å². The Morgan fingerprint density at radius 2 is 1.68 bits per heavy atom. The summed E-state index contributed by atoms with van der Waals surface area (Å²) in [5.41, 5.74) is 1.23. The van der Waals surface area contributed by atoms with Crippen LogP contribution in [0.1, 0.15) is 22.4 Å². The number of imide groups is 1. The number of carbonyl (C=O) groups excluding carboxylic acids is 2. The molecule has 1 N–H and O–H groups in total. The van der Waals surface area contributed by atoms with E-state index < -0.39 is 32.1 Å². The molecule has 1 saturated heterocycles. The number of rotatable bonds is 8. The Morgan fingerprint density at radius 3 is 2.38 bits per heavy atom. The van der Waals surface area contributed by atoms with Crippen LogP contribution in [-0.4, -0.2) is 40.0 Å². The van der Waals surface area contributed by atoms with E-state index in [2.05, 4.69) is 20.5 Å². The Labute approximate surface area is 235 Å². The molecular weight excluding hydrogens is 576 g/mol. The predicted molar refractivity (Wildman–Crippen MR) is 148 cm³/mol. The van der Waals surface area contributed by atoms with Gasteiger partial charge in [0.05, 0.1) is 27.3 Å². The van der Waals surface area contributed by atoms with Crippen molar-refractivity contribution in [3.63, 3.8) is 0 Å². The van der Waals surface area contributed by atoms with Gasteiger partial charge in [-0.15, -0.1) is 21.5 Å². The molecule has 0 aliphatic carbocycles. The summed E-state index contributed by atoms with van der Waals surface area (Å²) in [6.45, 7) is 0. The first-order valence-corrected chi connectivity index (χ1v) is 15.4. The summed E-state index contributed by atoms with van der Waals surface area (Å²) in [6.07, 6.45) is 0.165. The van der Waals surface area contributed by atoms with Gasteiger partial charge in [0.15, 0.2) is 9.84 Å². The fourth-order valence-electron chi connectivity index (χ4n) is 4.42. The molecule has 3 aromatic carbocycles. The van der Waals surface area contributed by atoms with E-state index in [4.69, 9.17) is 4.42 Å². The Balaban J connectivity index is 1.38. The lowest BCUT2D eigenvalue weighted by molar-refractivity contribution is -0.119. The molecule has 40 heavy (non-hydrogen) atoms. The van der Waals surface area contributed by atoms with Crippen LogP contribution in [0.25, 0.3) is 21.3 Å². The van der Waals surface area contributed by atoms with Crippen molar-refractivity contribution in [3.05, 3.63) is 94.9 Å². The third-order valence-electron chi connectivity index (χ3n) is 6.14. The lowest BCUT2D eigenvalue weighted by Gasteiger charge is -2.13. The van der Waals surface area contributed by atoms with Gasteiger partial charge in [-0.25, -0.2) is 17.8 Å². The van der Waals surface area contributed by atoms with E-state index in [1.165, 1.54) is 6.07 Å². The van der Waals surface area contributed by atoms with Crippen molar-refractivity contribution in [2.45, 2.75) is 28.7 Å². The fourth-order valence-corrected chi connectivity index (χ4v) is 8.41. The van der Waals surface area contributed by atoms with Gasteiger partial charge in [0.25, 0.3) is 5.24 Å². The molecule has 0 bridgehead atoms. The summed E-state index contributed by atoms with van der Waals surface area (Å²) in [4.78, 5) is 27.6. The highest BCUT2D eigenvalue weighted by Crippen LogP contribution is 2.40. The summed E-state index contributed by atoms with van der Waals surface area (Å²) in [7, 11) is -4.01. The van der Waals surface area contributed by atoms with Gasteiger partial charge in [0, 0.05) is 18.1 Å². The van der Waals surface area contributed by atoms with Gasteiger partial charge in [0.1, 0.15) is 16.1 Å². The Morgan fingerprint density at radius 1 is 0.975 bits per heavy atom. The molecule has 1 aliphatic rings. The zero-order valence-electron chi connectivity index (χ0n) is 20.5. The summed E-state index contributed by atoms with van der Waals surface area (Å²) in [5.74, 6) is -1.03. The number of sulfone groups is 1. The summed E-state index contributed by atoms with van der Waals surface area (Å²) in [6, 6.07) is 18.5. The van der Waals surface area contributed by atoms with Crippen LogP contribution in [0.2, 0.25) is 0 Å². The largest absolute Gasteiger partial charge is 0.425 e. The second kappa shape index (κ2) is 10.6. The van der Waals surface area contributed by atoms with Crippen LogP contribution in [0.15, 0.2) is 76.0 Å². The number of nitrogens with one attached hydrogen (secondary N) is 1. The molecular formula is C27H19FN4O5S3. The first-order chi connectivity index (χ1) is 19.3. The Hall–Kier alpha value is -3.94. The van der Waals surface area contributed by atoms with Crippen LogP contribution in [0.4, 0.5) is 9.18 Å². The minimum absolute atomic E-state index is 0.00111. The molecule has 0 spiro atoms. The zero-order valence-corrected chi connectivity index (χ0v) is 23.0. The van der Waals surface area contributed by atoms with Gasteiger partial charge in [-0.1, -0.05) is 72.4 Å². The van der Waals surface area contributed by atoms with Gasteiger partial charge in [-0.2, -0.15) is 0 Å². The number of benzene rings is 3. The number of nitrogens with zero attached hydrogens (tertiary/aromatic N) is 3. The molecule has 1 fully saturated rings. The number of halogens is 1. The van der Waals surface area contributed by atoms with Crippen LogP contribution in [0.5, 0.6) is 0 Å². The van der Waals surface area contributed by atoms with Crippen LogP contribution in [0, 0.1) is 5.82 Å². The van der Waals surface area contributed by atoms with Crippen molar-refractivity contribution < 1.29 is 26.8 Å². The molecule has 0 saturated carbocycles. The van der Waals surface area contributed by atoms with Crippen LogP contribution in [-0.2, 0) is 33.2 Å². The lowest BCUT2D eigenvalue weighted by atomic mass is 10.0. The first kappa shape index (κ1) is 26.3. The highest BCUT2D eigenvalue weighted by molar-refractivity contribution is 8.15. The van der Waals surface area contributed by atoms with Crippen molar-refractivity contribution >= 4 is 54.3 Å². The molecule has 3 heterocycles. The van der Waals surface area contributed by atoms with Crippen molar-refractivity contribution in [2.75, 3.05) is 0 Å². The van der Waals surface area contributed by atoms with E-state index >= 15 is 4.39 Å². The molecule has 1 aliphatic heterocycles. The van der Waals surface area contributed by atoms with Crippen LogP contribution < -0.4 is 5.32 Å². The SMILES string of the molecule is O=C1NC(=O)C(Cc2nnc(Cc3nc4cc(F)c(-c5ccccc5)c(S(=O)(=O)Cc5ccccc5)c4s3)o2)S1. The normalized spacial score (nSPS) is 15.6. The average Bonchev–Trinajstić information content (AvgIpc) is 3.62. The number of thiazole rings is 1. The maximum absolute atomic E-state index is 15.6. The van der Waals surface area contributed by atoms with E-state index in [1.54, 1.807) is 60.7 Å². The van der Waals surface area contributed by atoms with E-state index in [9.17, 15) is 18.0 Å². The molecule has 0 radical (unpaired) electrons. The van der Waals surface area contributed by atoms with E-state index in [0.29, 0.717) is 20.8 Å². The fraction of sp³-hybridized carbons (Fsp3) is 0.148. The second-order valence-electron chi connectivity index (χ2n) is 8.98. The zero-order chi connectivity index (χ0) is 27.9. The minimum atomic E-state index is -4.01. The molecule has 5 aromatic rings. The number of fused-ring (bicyclic) bond motifs is 1. The molecule has 2 aromatic heterocycles. The van der Waals surface area contributed by atoms with E-state index in [1.807, 2.05) is 0 Å². The summed E-state index contributed by atoms with van der Waals surface area (Å²) < 4.78 is 49.4. The molecule has 9 nitrogen and oxygen atoms in total. The Kier molecular flexibility index (Phi) is 6.94. The molecule has 6 rings (SSSR count). The number of amides is 2. The summed E-state index contributed by atoms with van der Waals surface area (Å²) >= 11 is 1.98. The first-order valence-electron chi connectivity index (χ1n) is 12.0. The van der Waals surface area contributed by atoms with Gasteiger partial charge in [-0.05, 0) is 11.1 Å². The maximum atomic E-state index is 15.6. The van der Waals surface area contributed by atoms with E-state index in [0.717, 1.165) is 23.1 Å². The average molecular weight is 595 g/mol. The molecule has 1 atom stereocenters. The number of aromatic nitrogens is 3. The third-order valence-corrected chi connectivity index (χ3v) is 10.1. The topological polar surface area (TPSA) is 132 Å². The van der Waals surface area contributed by atoms with Crippen molar-refractivity contribution in [1.29, 1.82) is 0 Å². The third kappa shape index (κ3) is 5.27. The highest BCUT2D eigenvalue weighted by Gasteiger charge is 2.33. The highest BCUT2D eigenvalue weighted by atomic mass is 32.2. The summed E-state index contributed by atoms with van der Waals surface area (Å²) in [5, 5.41) is 9.55. The minimum Gasteiger partial charge on any atom is -0.425 e. The molecule has 2 amide bonds. The van der Waals surface area contributed by atoms with Crippen molar-refractivity contribution in [2.24, 2.45) is 0 Å². The van der Waals surface area contributed by atoms with Crippen molar-refractivity contribution in [3.8, 4) is 11.1 Å². The van der Waals surface area contributed by atoms with Gasteiger partial charge in [0.2, 0.25) is 17.7 Å². The Bertz CT molecular complexity index is 1860. The number of carbonyl (C=O) groups is 2. The van der Waals surface area contributed by atoms with Crippen molar-refractivity contribution in [1.82, 2.24) is 20.5 Å². The van der Waals surface area contributed by atoms with Gasteiger partial charge >= 0.3 is 0 Å². The molecule has 202 valence electrons. The molecule has 1 unspecified atom stereocenters. The predicted octanol–water partition coefficient (Wildman–Crippen LogP) is 4.94. The van der Waals surface area contributed by atoms with Crippen LogP contribution >= 0.6 is 23.1 Å². The standard InChI is InChI=1S/C27H19FN4O5S3/c28-17-11-18-24(39-22(29-18)13-21-32-31-20(37-21)12-19-26(33)30-27(34)38-19)25(23(17)16-9-5-2-6-10-16)40(35,36)14-15-7-3-1-4-8-15/h1-11,19H,12-14H2,(H,30,33,34). The maximum Gasteiger partial charge on any atom is 0.286 e. The molecule has 13 heteroatoms. The smallest absolute Gasteiger partial charge is 0.286 e. The van der Waals surface area contributed by atoms with Gasteiger partial charge in [-0.3, -0.25) is 14.9 Å². The second-order valence-corrected chi connectivity index (χ2v) is 13.2. The lowest BCUT2D eigenvalue weighted by Crippen LogP contribution is -2.25. The monoisotopic (exact) mass is 594 g/mol. The van der Waals surface area contributed by atoms with E-state index in [-0.39, 0.29) is 46.4 Å². The number of thioether (sulfide) groups is 1. The number of hydrogen-bond donors (Lipinski definition) is 1. The quantitative estimate of drug-likeness (QED) is 0.265.